The van der Waals surface area contributed by atoms with Gasteiger partial charge in [-0.25, -0.2) is 9.78 Å². The molecule has 6 nitrogen and oxygen atoms in total. The predicted molar refractivity (Wildman–Crippen MR) is 61.7 cm³/mol. The molecule has 1 atom stereocenters. The largest absolute Gasteiger partial charge is 0.467 e. The van der Waals surface area contributed by atoms with Gasteiger partial charge in [-0.3, -0.25) is 0 Å². The van der Waals surface area contributed by atoms with E-state index in [4.69, 9.17) is 0 Å². The van der Waals surface area contributed by atoms with E-state index in [-0.39, 0.29) is 11.8 Å². The summed E-state index contributed by atoms with van der Waals surface area (Å²) in [4.78, 5) is 18.3. The first kappa shape index (κ1) is 15.0. The van der Waals surface area contributed by atoms with Crippen LogP contribution in [0.3, 0.4) is 0 Å². The van der Waals surface area contributed by atoms with E-state index in [0.717, 1.165) is 6.07 Å². The number of hydrogen-bond donors (Lipinski definition) is 2. The van der Waals surface area contributed by atoms with E-state index in [1.807, 2.05) is 0 Å². The Morgan fingerprint density at radius 3 is 2.53 bits per heavy atom. The average molecular weight is 278 g/mol. The summed E-state index contributed by atoms with van der Waals surface area (Å²) in [7, 11) is 2.57. The number of hydrogen-bond acceptors (Lipinski definition) is 6. The van der Waals surface area contributed by atoms with Gasteiger partial charge in [-0.1, -0.05) is 0 Å². The second-order valence-corrected chi connectivity index (χ2v) is 3.60. The van der Waals surface area contributed by atoms with Crippen LogP contribution in [0.1, 0.15) is 12.6 Å². The fraction of sp³-hybridized carbons (Fsp3) is 0.500. The summed E-state index contributed by atoms with van der Waals surface area (Å²) in [5, 5.41) is 4.93. The second-order valence-electron chi connectivity index (χ2n) is 3.60. The highest BCUT2D eigenvalue weighted by atomic mass is 19.4. The van der Waals surface area contributed by atoms with Gasteiger partial charge in [-0.05, 0) is 6.92 Å². The van der Waals surface area contributed by atoms with Gasteiger partial charge in [0, 0.05) is 13.1 Å². The van der Waals surface area contributed by atoms with Crippen molar-refractivity contribution in [2.24, 2.45) is 0 Å². The van der Waals surface area contributed by atoms with E-state index < -0.39 is 23.9 Å². The van der Waals surface area contributed by atoms with Gasteiger partial charge < -0.3 is 15.4 Å². The summed E-state index contributed by atoms with van der Waals surface area (Å²) in [5.41, 5.74) is -1.11. The van der Waals surface area contributed by atoms with Gasteiger partial charge in [-0.2, -0.15) is 18.2 Å². The molecule has 1 aromatic heterocycles. The lowest BCUT2D eigenvalue weighted by Crippen LogP contribution is -2.28. The van der Waals surface area contributed by atoms with Crippen LogP contribution in [0.4, 0.5) is 24.9 Å². The van der Waals surface area contributed by atoms with Crippen molar-refractivity contribution < 1.29 is 22.7 Å². The lowest BCUT2D eigenvalue weighted by atomic mass is 10.3. The molecular weight excluding hydrogens is 265 g/mol. The van der Waals surface area contributed by atoms with E-state index in [9.17, 15) is 18.0 Å². The third kappa shape index (κ3) is 3.97. The van der Waals surface area contributed by atoms with Crippen LogP contribution in [-0.4, -0.2) is 36.1 Å². The quantitative estimate of drug-likeness (QED) is 0.813. The Morgan fingerprint density at radius 1 is 1.42 bits per heavy atom. The van der Waals surface area contributed by atoms with Crippen molar-refractivity contribution in [3.63, 3.8) is 0 Å². The molecule has 19 heavy (non-hydrogen) atoms. The first-order valence-corrected chi connectivity index (χ1v) is 5.26. The van der Waals surface area contributed by atoms with E-state index in [1.165, 1.54) is 21.1 Å². The van der Waals surface area contributed by atoms with Crippen molar-refractivity contribution in [2.75, 3.05) is 24.8 Å². The number of nitrogens with one attached hydrogen (secondary N) is 2. The Morgan fingerprint density at radius 2 is 2.05 bits per heavy atom. The molecule has 1 rings (SSSR count). The summed E-state index contributed by atoms with van der Waals surface area (Å²) in [5.74, 6) is -0.933. The minimum absolute atomic E-state index is 0.121. The number of carbonyl (C=O) groups excluding carboxylic acids is 1. The topological polar surface area (TPSA) is 76.1 Å². The Kier molecular flexibility index (Phi) is 4.52. The molecule has 0 aromatic carbocycles. The van der Waals surface area contributed by atoms with E-state index in [0.29, 0.717) is 0 Å². The zero-order chi connectivity index (χ0) is 14.6. The van der Waals surface area contributed by atoms with E-state index >= 15 is 0 Å². The minimum Gasteiger partial charge on any atom is -0.467 e. The van der Waals surface area contributed by atoms with Gasteiger partial charge in [0.1, 0.15) is 11.9 Å². The molecular formula is C10H13F3N4O2. The Balaban J connectivity index is 3.04. The Hall–Kier alpha value is -2.06. The molecule has 9 heteroatoms. The van der Waals surface area contributed by atoms with E-state index in [2.05, 4.69) is 25.3 Å². The molecule has 0 bridgehead atoms. The maximum absolute atomic E-state index is 12.6. The van der Waals surface area contributed by atoms with Crippen LogP contribution in [0, 0.1) is 0 Å². The van der Waals surface area contributed by atoms with E-state index in [1.54, 1.807) is 0 Å². The first-order valence-electron chi connectivity index (χ1n) is 5.26. The van der Waals surface area contributed by atoms with Gasteiger partial charge >= 0.3 is 12.1 Å². The maximum atomic E-state index is 12.6. The normalized spacial score (nSPS) is 12.7. The molecule has 1 unspecified atom stereocenters. The van der Waals surface area contributed by atoms with Gasteiger partial charge in [0.05, 0.1) is 7.11 Å². The molecule has 0 radical (unpaired) electrons. The maximum Gasteiger partial charge on any atom is 0.433 e. The van der Waals surface area contributed by atoms with Crippen molar-refractivity contribution >= 4 is 17.7 Å². The molecule has 1 heterocycles. The van der Waals surface area contributed by atoms with Crippen LogP contribution in [0.2, 0.25) is 0 Å². The molecule has 2 N–H and O–H groups in total. The molecule has 1 aromatic rings. The average Bonchev–Trinajstić information content (AvgIpc) is 2.36. The fourth-order valence-electron chi connectivity index (χ4n) is 1.24. The number of nitrogens with zero attached hydrogens (tertiary/aromatic N) is 2. The number of ether oxygens (including phenoxy) is 1. The van der Waals surface area contributed by atoms with Crippen LogP contribution in [0.25, 0.3) is 0 Å². The summed E-state index contributed by atoms with van der Waals surface area (Å²) in [6.07, 6.45) is -4.60. The number of methoxy groups -OCH3 is 1. The van der Waals surface area contributed by atoms with Crippen LogP contribution >= 0.6 is 0 Å². The summed E-state index contributed by atoms with van der Waals surface area (Å²) < 4.78 is 42.3. The van der Waals surface area contributed by atoms with Gasteiger partial charge in [0.25, 0.3) is 0 Å². The number of carbonyl (C=O) groups is 1. The highest BCUT2D eigenvalue weighted by Crippen LogP contribution is 2.29. The lowest BCUT2D eigenvalue weighted by molar-refractivity contribution is -0.141. The number of aromatic nitrogens is 2. The third-order valence-corrected chi connectivity index (χ3v) is 2.16. The van der Waals surface area contributed by atoms with Crippen LogP contribution in [0.5, 0.6) is 0 Å². The molecule has 0 saturated heterocycles. The number of anilines is 2. The Bertz CT molecular complexity index is 465. The Labute approximate surface area is 107 Å². The molecule has 106 valence electrons. The van der Waals surface area contributed by atoms with Crippen LogP contribution < -0.4 is 10.6 Å². The zero-order valence-corrected chi connectivity index (χ0v) is 10.5. The minimum atomic E-state index is -4.60. The molecule has 0 aliphatic rings. The lowest BCUT2D eigenvalue weighted by Gasteiger charge is -2.14. The number of alkyl halides is 3. The van der Waals surface area contributed by atoms with Crippen molar-refractivity contribution in [1.29, 1.82) is 0 Å². The first-order chi connectivity index (χ1) is 8.77. The van der Waals surface area contributed by atoms with Crippen molar-refractivity contribution in [3.8, 4) is 0 Å². The van der Waals surface area contributed by atoms with Crippen LogP contribution in [0.15, 0.2) is 6.07 Å². The number of halogens is 3. The summed E-state index contributed by atoms with van der Waals surface area (Å²) >= 11 is 0. The summed E-state index contributed by atoms with van der Waals surface area (Å²) in [6.45, 7) is 1.44. The third-order valence-electron chi connectivity index (χ3n) is 2.16. The molecule has 0 amide bonds. The predicted octanol–water partition coefficient (Wildman–Crippen LogP) is 1.51. The SMILES string of the molecule is CNc1nc(NC(C)C(=O)OC)cc(C(F)(F)F)n1. The van der Waals surface area contributed by atoms with Gasteiger partial charge in [-0.15, -0.1) is 0 Å². The number of esters is 1. The molecule has 0 aliphatic heterocycles. The van der Waals surface area contributed by atoms with Gasteiger partial charge in [0.15, 0.2) is 5.69 Å². The zero-order valence-electron chi connectivity index (χ0n) is 10.5. The highest BCUT2D eigenvalue weighted by molar-refractivity contribution is 5.78. The monoisotopic (exact) mass is 278 g/mol. The molecule has 0 aliphatic carbocycles. The second kappa shape index (κ2) is 5.72. The molecule has 0 saturated carbocycles. The standard InChI is InChI=1S/C10H13F3N4O2/c1-5(8(18)19-3)15-7-4-6(10(11,12)13)16-9(14-2)17-7/h4-5H,1-3H3,(H2,14,15,16,17). The molecule has 0 fully saturated rings. The van der Waals surface area contributed by atoms with Crippen molar-refractivity contribution in [3.05, 3.63) is 11.8 Å². The fourth-order valence-corrected chi connectivity index (χ4v) is 1.24. The summed E-state index contributed by atoms with van der Waals surface area (Å²) in [6, 6.07) is -0.106. The number of rotatable bonds is 4. The highest BCUT2D eigenvalue weighted by Gasteiger charge is 2.34. The molecule has 0 spiro atoms. The van der Waals surface area contributed by atoms with Crippen molar-refractivity contribution in [1.82, 2.24) is 9.97 Å². The van der Waals surface area contributed by atoms with Crippen molar-refractivity contribution in [2.45, 2.75) is 19.1 Å². The van der Waals surface area contributed by atoms with Crippen LogP contribution in [-0.2, 0) is 15.7 Å². The smallest absolute Gasteiger partial charge is 0.433 e. The van der Waals surface area contributed by atoms with Gasteiger partial charge in [0.2, 0.25) is 5.95 Å².